The molecule has 1 aliphatic carbocycles. The summed E-state index contributed by atoms with van der Waals surface area (Å²) < 4.78 is 0. The Hall–Kier alpha value is -0.820. The number of benzene rings is 1. The van der Waals surface area contributed by atoms with Crippen molar-refractivity contribution >= 4 is 0 Å². The highest BCUT2D eigenvalue weighted by atomic mass is 16.3. The molecule has 1 N–H and O–H groups in total. The maximum Gasteiger partial charge on any atom is 0.0751 e. The van der Waals surface area contributed by atoms with Crippen molar-refractivity contribution in [2.24, 2.45) is 11.8 Å². The predicted molar refractivity (Wildman–Crippen MR) is 76.6 cm³/mol. The third kappa shape index (κ3) is 2.47. The second kappa shape index (κ2) is 5.44. The van der Waals surface area contributed by atoms with Crippen LogP contribution in [0.25, 0.3) is 0 Å². The van der Waals surface area contributed by atoms with Crippen LogP contribution in [0, 0.1) is 11.8 Å². The monoisotopic (exact) mass is 246 g/mol. The van der Waals surface area contributed by atoms with Gasteiger partial charge in [-0.25, -0.2) is 0 Å². The topological polar surface area (TPSA) is 20.2 Å². The zero-order chi connectivity index (χ0) is 13.2. The molecule has 1 fully saturated rings. The van der Waals surface area contributed by atoms with E-state index in [4.69, 9.17) is 0 Å². The van der Waals surface area contributed by atoms with Crippen molar-refractivity contribution in [3.63, 3.8) is 0 Å². The van der Waals surface area contributed by atoms with E-state index in [0.717, 1.165) is 19.3 Å². The lowest BCUT2D eigenvalue weighted by molar-refractivity contribution is 0.0742. The average molecular weight is 246 g/mol. The minimum absolute atomic E-state index is 0.306. The van der Waals surface area contributed by atoms with E-state index in [-0.39, 0.29) is 0 Å². The van der Waals surface area contributed by atoms with Gasteiger partial charge in [0.25, 0.3) is 0 Å². The lowest BCUT2D eigenvalue weighted by Gasteiger charge is -2.30. The average Bonchev–Trinajstić information content (AvgIpc) is 3.02. The molecule has 4 atom stereocenters. The molecule has 1 aromatic carbocycles. The summed E-state index contributed by atoms with van der Waals surface area (Å²) in [5.74, 6) is 1.36. The Labute approximate surface area is 111 Å². The molecule has 0 radical (unpaired) electrons. The van der Waals surface area contributed by atoms with Gasteiger partial charge in [0.2, 0.25) is 0 Å². The van der Waals surface area contributed by atoms with Crippen molar-refractivity contribution < 1.29 is 5.11 Å². The van der Waals surface area contributed by atoms with E-state index >= 15 is 0 Å². The highest BCUT2D eigenvalue weighted by Gasteiger charge is 2.58. The van der Waals surface area contributed by atoms with Crippen LogP contribution >= 0.6 is 0 Å². The van der Waals surface area contributed by atoms with E-state index in [1.165, 1.54) is 12.0 Å². The maximum absolute atomic E-state index is 10.9. The molecular formula is C17H26O. The summed E-state index contributed by atoms with van der Waals surface area (Å²) in [4.78, 5) is 0. The minimum Gasteiger partial charge on any atom is -0.389 e. The van der Waals surface area contributed by atoms with Gasteiger partial charge in [0, 0.05) is 5.92 Å². The van der Waals surface area contributed by atoms with Crippen molar-refractivity contribution in [3.8, 4) is 0 Å². The quantitative estimate of drug-likeness (QED) is 0.790. The fourth-order valence-corrected chi connectivity index (χ4v) is 3.42. The molecular weight excluding hydrogens is 220 g/mol. The number of rotatable bonds is 6. The fraction of sp³-hybridized carbons (Fsp3) is 0.647. The van der Waals surface area contributed by atoms with Gasteiger partial charge in [-0.05, 0) is 30.2 Å². The first kappa shape index (κ1) is 13.6. The normalized spacial score (nSPS) is 29.9. The Bertz CT molecular complexity index is 372. The molecule has 0 saturated heterocycles. The number of hydrogen-bond donors (Lipinski definition) is 1. The summed E-state index contributed by atoms with van der Waals surface area (Å²) in [5.41, 5.74) is 0.875. The van der Waals surface area contributed by atoms with Crippen LogP contribution in [0.3, 0.4) is 0 Å². The van der Waals surface area contributed by atoms with Crippen LogP contribution < -0.4 is 0 Å². The van der Waals surface area contributed by atoms with Gasteiger partial charge in [-0.15, -0.1) is 0 Å². The zero-order valence-corrected chi connectivity index (χ0v) is 11.9. The number of aliphatic hydroxyl groups is 1. The molecule has 0 aliphatic heterocycles. The Morgan fingerprint density at radius 2 is 1.94 bits per heavy atom. The summed E-state index contributed by atoms with van der Waals surface area (Å²) in [5, 5.41) is 10.9. The van der Waals surface area contributed by atoms with Crippen LogP contribution in [-0.4, -0.2) is 10.7 Å². The molecule has 1 saturated carbocycles. The van der Waals surface area contributed by atoms with Crippen molar-refractivity contribution in [3.05, 3.63) is 35.9 Å². The highest BCUT2D eigenvalue weighted by molar-refractivity contribution is 5.28. The van der Waals surface area contributed by atoms with E-state index in [2.05, 4.69) is 51.1 Å². The van der Waals surface area contributed by atoms with Gasteiger partial charge < -0.3 is 5.11 Å². The van der Waals surface area contributed by atoms with Gasteiger partial charge in [0.15, 0.2) is 0 Å². The van der Waals surface area contributed by atoms with E-state index in [1.807, 2.05) is 0 Å². The van der Waals surface area contributed by atoms with Crippen LogP contribution in [0.5, 0.6) is 0 Å². The first-order valence-electron chi connectivity index (χ1n) is 7.40. The summed E-state index contributed by atoms with van der Waals surface area (Å²) >= 11 is 0. The summed E-state index contributed by atoms with van der Waals surface area (Å²) in [7, 11) is 0. The number of hydrogen-bond acceptors (Lipinski definition) is 1. The van der Waals surface area contributed by atoms with E-state index in [9.17, 15) is 5.11 Å². The summed E-state index contributed by atoms with van der Waals surface area (Å²) in [6, 6.07) is 10.6. The first-order chi connectivity index (χ1) is 8.63. The molecule has 4 unspecified atom stereocenters. The van der Waals surface area contributed by atoms with E-state index < -0.39 is 5.60 Å². The van der Waals surface area contributed by atoms with E-state index in [1.54, 1.807) is 0 Å². The van der Waals surface area contributed by atoms with Crippen molar-refractivity contribution in [1.29, 1.82) is 0 Å². The molecule has 1 aliphatic rings. The van der Waals surface area contributed by atoms with E-state index in [0.29, 0.717) is 17.8 Å². The fourth-order valence-electron chi connectivity index (χ4n) is 3.42. The highest BCUT2D eigenvalue weighted by Crippen LogP contribution is 2.57. The Morgan fingerprint density at radius 1 is 1.28 bits per heavy atom. The smallest absolute Gasteiger partial charge is 0.0751 e. The molecule has 0 heterocycles. The van der Waals surface area contributed by atoms with Gasteiger partial charge >= 0.3 is 0 Å². The molecule has 100 valence electrons. The maximum atomic E-state index is 10.9. The van der Waals surface area contributed by atoms with Crippen LogP contribution in [0.4, 0.5) is 0 Å². The van der Waals surface area contributed by atoms with Crippen LogP contribution in [0.2, 0.25) is 0 Å². The second-order valence-electron chi connectivity index (χ2n) is 5.95. The molecule has 18 heavy (non-hydrogen) atoms. The summed E-state index contributed by atoms with van der Waals surface area (Å²) in [6.07, 6.45) is 4.46. The Balaban J connectivity index is 2.23. The first-order valence-corrected chi connectivity index (χ1v) is 7.40. The van der Waals surface area contributed by atoms with Gasteiger partial charge in [-0.1, -0.05) is 63.9 Å². The van der Waals surface area contributed by atoms with Gasteiger partial charge in [-0.2, -0.15) is 0 Å². The Kier molecular flexibility index (Phi) is 4.11. The molecule has 0 spiro atoms. The molecule has 2 rings (SSSR count). The lowest BCUT2D eigenvalue weighted by Crippen LogP contribution is -2.28. The predicted octanol–water partition coefficient (Wildman–Crippen LogP) is 4.37. The zero-order valence-electron chi connectivity index (χ0n) is 11.9. The lowest BCUT2D eigenvalue weighted by atomic mass is 9.79. The molecule has 1 aromatic rings. The second-order valence-corrected chi connectivity index (χ2v) is 5.95. The third-order valence-electron chi connectivity index (χ3n) is 4.67. The van der Waals surface area contributed by atoms with Crippen LogP contribution in [-0.2, 0) is 0 Å². The van der Waals surface area contributed by atoms with Crippen molar-refractivity contribution in [2.45, 2.75) is 58.0 Å². The molecule has 0 amide bonds. The van der Waals surface area contributed by atoms with Gasteiger partial charge in [0.1, 0.15) is 0 Å². The largest absolute Gasteiger partial charge is 0.389 e. The SMILES string of the molecule is CCCC1CC1(O)C(c1ccccc1)C(C)CC. The van der Waals surface area contributed by atoms with Gasteiger partial charge in [-0.3, -0.25) is 0 Å². The van der Waals surface area contributed by atoms with Crippen LogP contribution in [0.15, 0.2) is 30.3 Å². The molecule has 1 heteroatoms. The summed E-state index contributed by atoms with van der Waals surface area (Å²) in [6.45, 7) is 6.71. The standard InChI is InChI=1S/C17H26O/c1-4-9-15-12-17(15,18)16(13(3)5-2)14-10-7-6-8-11-14/h6-8,10-11,13,15-16,18H,4-5,9,12H2,1-3H3. The Morgan fingerprint density at radius 3 is 2.50 bits per heavy atom. The van der Waals surface area contributed by atoms with Crippen molar-refractivity contribution in [1.82, 2.24) is 0 Å². The van der Waals surface area contributed by atoms with Crippen molar-refractivity contribution in [2.75, 3.05) is 0 Å². The molecule has 0 aromatic heterocycles. The molecule has 0 bridgehead atoms. The van der Waals surface area contributed by atoms with Gasteiger partial charge in [0.05, 0.1) is 5.60 Å². The minimum atomic E-state index is -0.438. The van der Waals surface area contributed by atoms with Crippen LogP contribution in [0.1, 0.15) is 57.9 Å². The molecule has 1 nitrogen and oxygen atoms in total. The third-order valence-corrected chi connectivity index (χ3v) is 4.67.